The minimum absolute atomic E-state index is 0.176. The van der Waals surface area contributed by atoms with Gasteiger partial charge < -0.3 is 5.32 Å². The number of nitrogens with zero attached hydrogens (tertiary/aromatic N) is 2. The quantitative estimate of drug-likeness (QED) is 0.764. The highest BCUT2D eigenvalue weighted by molar-refractivity contribution is 8.02. The predicted molar refractivity (Wildman–Crippen MR) is 69.1 cm³/mol. The molecule has 0 spiro atoms. The van der Waals surface area contributed by atoms with Gasteiger partial charge >= 0.3 is 0 Å². The van der Waals surface area contributed by atoms with E-state index >= 15 is 0 Å². The van der Waals surface area contributed by atoms with Crippen LogP contribution in [0, 0.1) is 0 Å². The lowest BCUT2D eigenvalue weighted by Crippen LogP contribution is -2.04. The summed E-state index contributed by atoms with van der Waals surface area (Å²) in [7, 11) is -2.88. The molecule has 5 nitrogen and oxygen atoms in total. The van der Waals surface area contributed by atoms with Gasteiger partial charge in [0.25, 0.3) is 0 Å². The van der Waals surface area contributed by atoms with E-state index in [1.165, 1.54) is 29.4 Å². The second-order valence-electron chi connectivity index (χ2n) is 3.28. The fourth-order valence-corrected chi connectivity index (χ4v) is 3.89. The third-order valence-corrected chi connectivity index (χ3v) is 4.83. The third kappa shape index (κ3) is 5.66. The van der Waals surface area contributed by atoms with Crippen molar-refractivity contribution in [1.82, 2.24) is 10.2 Å². The van der Waals surface area contributed by atoms with Crippen molar-refractivity contribution >= 4 is 38.1 Å². The summed E-state index contributed by atoms with van der Waals surface area (Å²) in [4.78, 5) is 0. The Morgan fingerprint density at radius 2 is 2.19 bits per heavy atom. The summed E-state index contributed by atoms with van der Waals surface area (Å²) in [5.41, 5.74) is 0. The standard InChI is InChI=1S/C8H15N3O2S3/c1-3-4-9-7-10-11-8(15-7)14-5-6-16(2,12)13/h3-6H2,1-2H3,(H,9,10). The summed E-state index contributed by atoms with van der Waals surface area (Å²) in [6, 6.07) is 0. The number of sulfone groups is 1. The van der Waals surface area contributed by atoms with Crippen LogP contribution in [0.5, 0.6) is 0 Å². The van der Waals surface area contributed by atoms with Gasteiger partial charge in [0.15, 0.2) is 4.34 Å². The molecule has 0 aromatic carbocycles. The molecule has 8 heteroatoms. The molecule has 0 bridgehead atoms. The highest BCUT2D eigenvalue weighted by Crippen LogP contribution is 2.25. The van der Waals surface area contributed by atoms with E-state index < -0.39 is 9.84 Å². The molecule has 0 aliphatic carbocycles. The lowest BCUT2D eigenvalue weighted by Gasteiger charge is -1.96. The fourth-order valence-electron chi connectivity index (χ4n) is 0.852. The van der Waals surface area contributed by atoms with Crippen LogP contribution < -0.4 is 5.32 Å². The zero-order valence-corrected chi connectivity index (χ0v) is 11.7. The maximum Gasteiger partial charge on any atom is 0.206 e. The Bertz CT molecular complexity index is 416. The van der Waals surface area contributed by atoms with Crippen LogP contribution in [0.1, 0.15) is 13.3 Å². The van der Waals surface area contributed by atoms with E-state index in [4.69, 9.17) is 0 Å². The maximum atomic E-state index is 10.9. The zero-order chi connectivity index (χ0) is 12.0. The van der Waals surface area contributed by atoms with Crippen LogP contribution in [0.25, 0.3) is 0 Å². The molecule has 0 amide bonds. The summed E-state index contributed by atoms with van der Waals surface area (Å²) >= 11 is 2.89. The predicted octanol–water partition coefficient (Wildman–Crippen LogP) is 1.50. The average Bonchev–Trinajstić information content (AvgIpc) is 2.61. The number of hydrogen-bond acceptors (Lipinski definition) is 7. The molecule has 0 aliphatic rings. The Hall–Kier alpha value is -0.340. The molecule has 0 aliphatic heterocycles. The van der Waals surface area contributed by atoms with Crippen LogP contribution in [0.4, 0.5) is 5.13 Å². The van der Waals surface area contributed by atoms with E-state index in [1.807, 2.05) is 0 Å². The van der Waals surface area contributed by atoms with Crippen LogP contribution >= 0.6 is 23.1 Å². The molecule has 0 atom stereocenters. The first-order valence-corrected chi connectivity index (χ1v) is 8.75. The third-order valence-electron chi connectivity index (χ3n) is 1.61. The lowest BCUT2D eigenvalue weighted by molar-refractivity contribution is 0.603. The van der Waals surface area contributed by atoms with Crippen molar-refractivity contribution in [2.75, 3.05) is 29.6 Å². The molecule has 92 valence electrons. The number of aromatic nitrogens is 2. The molecule has 0 unspecified atom stereocenters. The second kappa shape index (κ2) is 6.41. The Kier molecular flexibility index (Phi) is 5.50. The van der Waals surface area contributed by atoms with E-state index in [0.717, 1.165) is 22.4 Å². The molecule has 0 saturated heterocycles. The van der Waals surface area contributed by atoms with Crippen LogP contribution in [-0.2, 0) is 9.84 Å². The summed E-state index contributed by atoms with van der Waals surface area (Å²) in [5.74, 6) is 0.705. The second-order valence-corrected chi connectivity index (χ2v) is 7.86. The first-order chi connectivity index (χ1) is 7.51. The fraction of sp³-hybridized carbons (Fsp3) is 0.750. The highest BCUT2D eigenvalue weighted by Gasteiger charge is 2.06. The SMILES string of the molecule is CCCNc1nnc(SCCS(C)(=O)=O)s1. The zero-order valence-electron chi connectivity index (χ0n) is 9.26. The van der Waals surface area contributed by atoms with Crippen molar-refractivity contribution in [2.24, 2.45) is 0 Å². The van der Waals surface area contributed by atoms with Crippen LogP contribution in [-0.4, -0.2) is 42.9 Å². The number of hydrogen-bond donors (Lipinski definition) is 1. The van der Waals surface area contributed by atoms with Gasteiger partial charge in [-0.25, -0.2) is 8.42 Å². The average molecular weight is 281 g/mol. The first-order valence-electron chi connectivity index (χ1n) is 4.89. The summed E-state index contributed by atoms with van der Waals surface area (Å²) in [6.45, 7) is 2.96. The van der Waals surface area contributed by atoms with E-state index in [1.54, 1.807) is 0 Å². The van der Waals surface area contributed by atoms with Gasteiger partial charge in [0, 0.05) is 18.6 Å². The Morgan fingerprint density at radius 3 is 2.81 bits per heavy atom. The molecule has 1 aromatic heterocycles. The molecule has 16 heavy (non-hydrogen) atoms. The van der Waals surface area contributed by atoms with Gasteiger partial charge in [-0.15, -0.1) is 10.2 Å². The van der Waals surface area contributed by atoms with Gasteiger partial charge in [-0.2, -0.15) is 0 Å². The van der Waals surface area contributed by atoms with Crippen molar-refractivity contribution in [2.45, 2.75) is 17.7 Å². The first kappa shape index (κ1) is 13.7. The van der Waals surface area contributed by atoms with E-state index in [9.17, 15) is 8.42 Å². The normalized spacial score (nSPS) is 11.6. The highest BCUT2D eigenvalue weighted by atomic mass is 32.2. The number of anilines is 1. The molecule has 1 rings (SSSR count). The Morgan fingerprint density at radius 1 is 1.44 bits per heavy atom. The van der Waals surface area contributed by atoms with Crippen molar-refractivity contribution in [3.63, 3.8) is 0 Å². The summed E-state index contributed by atoms with van der Waals surface area (Å²) in [6.07, 6.45) is 2.28. The maximum absolute atomic E-state index is 10.9. The Labute approximate surface area is 104 Å². The molecular formula is C8H15N3O2S3. The largest absolute Gasteiger partial charge is 0.360 e. The van der Waals surface area contributed by atoms with Crippen molar-refractivity contribution < 1.29 is 8.42 Å². The molecule has 1 N–H and O–H groups in total. The minimum atomic E-state index is -2.88. The van der Waals surface area contributed by atoms with Crippen LogP contribution in [0.3, 0.4) is 0 Å². The van der Waals surface area contributed by atoms with Crippen molar-refractivity contribution in [1.29, 1.82) is 0 Å². The summed E-state index contributed by atoms with van der Waals surface area (Å²) < 4.78 is 22.6. The topological polar surface area (TPSA) is 72.0 Å². The van der Waals surface area contributed by atoms with Gasteiger partial charge in [-0.1, -0.05) is 30.0 Å². The number of thioether (sulfide) groups is 1. The van der Waals surface area contributed by atoms with Gasteiger partial charge in [0.05, 0.1) is 5.75 Å². The van der Waals surface area contributed by atoms with Gasteiger partial charge in [-0.3, -0.25) is 0 Å². The number of rotatable bonds is 7. The van der Waals surface area contributed by atoms with Gasteiger partial charge in [0.1, 0.15) is 9.84 Å². The molecule has 0 fully saturated rings. The monoisotopic (exact) mass is 281 g/mol. The van der Waals surface area contributed by atoms with Gasteiger partial charge in [0.2, 0.25) is 5.13 Å². The molecular weight excluding hydrogens is 266 g/mol. The Balaban J connectivity index is 2.35. The summed E-state index contributed by atoms with van der Waals surface area (Å²) in [5, 5.41) is 11.8. The van der Waals surface area contributed by atoms with Crippen molar-refractivity contribution in [3.05, 3.63) is 0 Å². The molecule has 0 saturated carbocycles. The van der Waals surface area contributed by atoms with E-state index in [-0.39, 0.29) is 5.75 Å². The molecule has 1 heterocycles. The van der Waals surface area contributed by atoms with Crippen LogP contribution in [0.15, 0.2) is 4.34 Å². The lowest BCUT2D eigenvalue weighted by atomic mass is 10.5. The van der Waals surface area contributed by atoms with Gasteiger partial charge in [-0.05, 0) is 6.42 Å². The molecule has 1 aromatic rings. The van der Waals surface area contributed by atoms with E-state index in [0.29, 0.717) is 5.75 Å². The smallest absolute Gasteiger partial charge is 0.206 e. The number of nitrogens with one attached hydrogen (secondary N) is 1. The molecule has 0 radical (unpaired) electrons. The minimum Gasteiger partial charge on any atom is -0.360 e. The van der Waals surface area contributed by atoms with Crippen LogP contribution in [0.2, 0.25) is 0 Å². The van der Waals surface area contributed by atoms with Crippen molar-refractivity contribution in [3.8, 4) is 0 Å². The van der Waals surface area contributed by atoms with E-state index in [2.05, 4.69) is 22.4 Å².